The van der Waals surface area contributed by atoms with Gasteiger partial charge in [0.1, 0.15) is 5.82 Å². The van der Waals surface area contributed by atoms with Gasteiger partial charge in [-0.3, -0.25) is 0 Å². The third kappa shape index (κ3) is 2.02. The van der Waals surface area contributed by atoms with Crippen molar-refractivity contribution in [2.45, 2.75) is 6.92 Å². The molecule has 3 heteroatoms. The van der Waals surface area contributed by atoms with Gasteiger partial charge < -0.3 is 5.73 Å². The fraction of sp³-hybridized carbons (Fsp3) is 0.0769. The largest absolute Gasteiger partial charge is 0.398 e. The molecular formula is C13H11ClFN. The van der Waals surface area contributed by atoms with Crippen LogP contribution in [-0.4, -0.2) is 0 Å². The minimum Gasteiger partial charge on any atom is -0.398 e. The quantitative estimate of drug-likeness (QED) is 0.742. The second-order valence-electron chi connectivity index (χ2n) is 3.71. The first kappa shape index (κ1) is 11.0. The topological polar surface area (TPSA) is 26.0 Å². The average molecular weight is 236 g/mol. The lowest BCUT2D eigenvalue weighted by atomic mass is 10.0. The summed E-state index contributed by atoms with van der Waals surface area (Å²) in [6, 6.07) is 10.0. The van der Waals surface area contributed by atoms with Crippen molar-refractivity contribution in [1.29, 1.82) is 0 Å². The molecule has 0 aliphatic rings. The fourth-order valence-corrected chi connectivity index (χ4v) is 1.80. The zero-order valence-corrected chi connectivity index (χ0v) is 9.55. The summed E-state index contributed by atoms with van der Waals surface area (Å²) in [4.78, 5) is 0. The Labute approximate surface area is 98.7 Å². The van der Waals surface area contributed by atoms with E-state index < -0.39 is 0 Å². The Bertz CT molecular complexity index is 537. The van der Waals surface area contributed by atoms with Gasteiger partial charge in [0.15, 0.2) is 0 Å². The van der Waals surface area contributed by atoms with Gasteiger partial charge in [-0.1, -0.05) is 29.3 Å². The standard InChI is InChI=1S/C13H11ClFN/c1-8-2-5-12(15)11(6-8)10-4-3-9(14)7-13(10)16/h2-7H,16H2,1H3. The highest BCUT2D eigenvalue weighted by molar-refractivity contribution is 6.31. The lowest BCUT2D eigenvalue weighted by Crippen LogP contribution is -1.92. The van der Waals surface area contributed by atoms with Crippen molar-refractivity contribution in [2.24, 2.45) is 0 Å². The molecule has 0 aliphatic carbocycles. The molecule has 0 spiro atoms. The molecule has 2 rings (SSSR count). The van der Waals surface area contributed by atoms with Crippen molar-refractivity contribution in [3.05, 3.63) is 52.8 Å². The van der Waals surface area contributed by atoms with Crippen molar-refractivity contribution in [1.82, 2.24) is 0 Å². The van der Waals surface area contributed by atoms with Crippen LogP contribution >= 0.6 is 11.6 Å². The third-order valence-corrected chi connectivity index (χ3v) is 2.66. The number of anilines is 1. The molecule has 0 unspecified atom stereocenters. The predicted molar refractivity (Wildman–Crippen MR) is 66.0 cm³/mol. The summed E-state index contributed by atoms with van der Waals surface area (Å²) in [5.74, 6) is -0.278. The van der Waals surface area contributed by atoms with Gasteiger partial charge in [-0.05, 0) is 31.2 Å². The number of hydrogen-bond acceptors (Lipinski definition) is 1. The van der Waals surface area contributed by atoms with E-state index >= 15 is 0 Å². The summed E-state index contributed by atoms with van der Waals surface area (Å²) in [7, 11) is 0. The zero-order valence-electron chi connectivity index (χ0n) is 8.80. The summed E-state index contributed by atoms with van der Waals surface area (Å²) >= 11 is 5.80. The second-order valence-corrected chi connectivity index (χ2v) is 4.15. The molecule has 2 aromatic rings. The Kier molecular flexibility index (Phi) is 2.84. The van der Waals surface area contributed by atoms with Gasteiger partial charge in [0.2, 0.25) is 0 Å². The Morgan fingerprint density at radius 3 is 2.50 bits per heavy atom. The first-order valence-electron chi connectivity index (χ1n) is 4.89. The summed E-state index contributed by atoms with van der Waals surface area (Å²) in [6.07, 6.45) is 0. The first-order valence-corrected chi connectivity index (χ1v) is 5.27. The van der Waals surface area contributed by atoms with Crippen molar-refractivity contribution in [3.8, 4) is 11.1 Å². The van der Waals surface area contributed by atoms with E-state index in [0.29, 0.717) is 21.8 Å². The molecule has 2 aromatic carbocycles. The molecule has 0 fully saturated rings. The van der Waals surface area contributed by atoms with E-state index in [1.165, 1.54) is 6.07 Å². The molecule has 16 heavy (non-hydrogen) atoms. The lowest BCUT2D eigenvalue weighted by Gasteiger charge is -2.08. The van der Waals surface area contributed by atoms with Gasteiger partial charge in [-0.2, -0.15) is 0 Å². The van der Waals surface area contributed by atoms with Crippen LogP contribution in [0.15, 0.2) is 36.4 Å². The van der Waals surface area contributed by atoms with Crippen LogP contribution in [0, 0.1) is 12.7 Å². The van der Waals surface area contributed by atoms with Gasteiger partial charge in [-0.25, -0.2) is 4.39 Å². The highest BCUT2D eigenvalue weighted by Crippen LogP contribution is 2.30. The van der Waals surface area contributed by atoms with Gasteiger partial charge in [0.25, 0.3) is 0 Å². The molecule has 0 aliphatic heterocycles. The molecule has 0 saturated heterocycles. The minimum atomic E-state index is -0.278. The highest BCUT2D eigenvalue weighted by atomic mass is 35.5. The number of rotatable bonds is 1. The normalized spacial score (nSPS) is 10.4. The fourth-order valence-electron chi connectivity index (χ4n) is 1.62. The maximum atomic E-state index is 13.6. The van der Waals surface area contributed by atoms with Crippen LogP contribution in [0.5, 0.6) is 0 Å². The number of aryl methyl sites for hydroxylation is 1. The number of halogens is 2. The van der Waals surface area contributed by atoms with Crippen molar-refractivity contribution in [3.63, 3.8) is 0 Å². The number of benzene rings is 2. The highest BCUT2D eigenvalue weighted by Gasteiger charge is 2.08. The Morgan fingerprint density at radius 1 is 1.06 bits per heavy atom. The molecular weight excluding hydrogens is 225 g/mol. The maximum Gasteiger partial charge on any atom is 0.131 e. The third-order valence-electron chi connectivity index (χ3n) is 2.43. The molecule has 0 aromatic heterocycles. The van der Waals surface area contributed by atoms with Gasteiger partial charge in [0, 0.05) is 21.8 Å². The summed E-state index contributed by atoms with van der Waals surface area (Å²) in [5.41, 5.74) is 8.48. The molecule has 82 valence electrons. The van der Waals surface area contributed by atoms with Crippen LogP contribution in [0.3, 0.4) is 0 Å². The lowest BCUT2D eigenvalue weighted by molar-refractivity contribution is 0.631. The van der Waals surface area contributed by atoms with Crippen LogP contribution in [0.4, 0.5) is 10.1 Å². The van der Waals surface area contributed by atoms with Crippen LogP contribution in [-0.2, 0) is 0 Å². The zero-order chi connectivity index (χ0) is 11.7. The number of nitrogen functional groups attached to an aromatic ring is 1. The number of nitrogens with two attached hydrogens (primary N) is 1. The van der Waals surface area contributed by atoms with Crippen LogP contribution in [0.25, 0.3) is 11.1 Å². The molecule has 1 nitrogen and oxygen atoms in total. The van der Waals surface area contributed by atoms with Crippen molar-refractivity contribution in [2.75, 3.05) is 5.73 Å². The van der Waals surface area contributed by atoms with Gasteiger partial charge in [0.05, 0.1) is 0 Å². The molecule has 0 atom stereocenters. The SMILES string of the molecule is Cc1ccc(F)c(-c2ccc(Cl)cc2N)c1. The summed E-state index contributed by atoms with van der Waals surface area (Å²) in [6.45, 7) is 1.91. The Hall–Kier alpha value is -1.54. The van der Waals surface area contributed by atoms with Crippen molar-refractivity contribution < 1.29 is 4.39 Å². The van der Waals surface area contributed by atoms with E-state index in [2.05, 4.69) is 0 Å². The van der Waals surface area contributed by atoms with E-state index in [4.69, 9.17) is 17.3 Å². The van der Waals surface area contributed by atoms with Gasteiger partial charge >= 0.3 is 0 Å². The Balaban J connectivity index is 2.62. The minimum absolute atomic E-state index is 0.278. The first-order chi connectivity index (χ1) is 7.58. The smallest absolute Gasteiger partial charge is 0.131 e. The monoisotopic (exact) mass is 235 g/mol. The molecule has 0 saturated carbocycles. The number of hydrogen-bond donors (Lipinski definition) is 1. The maximum absolute atomic E-state index is 13.6. The van der Waals surface area contributed by atoms with E-state index in [1.54, 1.807) is 30.3 Å². The molecule has 0 amide bonds. The van der Waals surface area contributed by atoms with Crippen LogP contribution in [0.1, 0.15) is 5.56 Å². The van der Waals surface area contributed by atoms with Crippen LogP contribution < -0.4 is 5.73 Å². The predicted octanol–water partition coefficient (Wildman–Crippen LogP) is 4.04. The average Bonchev–Trinajstić information content (AvgIpc) is 2.22. The molecule has 2 N–H and O–H groups in total. The second kappa shape index (κ2) is 4.14. The van der Waals surface area contributed by atoms with E-state index in [1.807, 2.05) is 6.92 Å². The molecule has 0 bridgehead atoms. The molecule has 0 heterocycles. The summed E-state index contributed by atoms with van der Waals surface area (Å²) < 4.78 is 13.6. The van der Waals surface area contributed by atoms with E-state index in [-0.39, 0.29) is 5.82 Å². The Morgan fingerprint density at radius 2 is 1.81 bits per heavy atom. The van der Waals surface area contributed by atoms with E-state index in [9.17, 15) is 4.39 Å². The van der Waals surface area contributed by atoms with Gasteiger partial charge in [-0.15, -0.1) is 0 Å². The van der Waals surface area contributed by atoms with E-state index in [0.717, 1.165) is 5.56 Å². The van der Waals surface area contributed by atoms with Crippen LogP contribution in [0.2, 0.25) is 5.02 Å². The van der Waals surface area contributed by atoms with Crippen molar-refractivity contribution >= 4 is 17.3 Å². The summed E-state index contributed by atoms with van der Waals surface area (Å²) in [5, 5.41) is 0.550. The molecule has 0 radical (unpaired) electrons.